The second kappa shape index (κ2) is 6.88. The highest BCUT2D eigenvalue weighted by atomic mass is 19.4. The van der Waals surface area contributed by atoms with Crippen molar-refractivity contribution in [2.24, 2.45) is 0 Å². The van der Waals surface area contributed by atoms with Crippen LogP contribution in [0, 0.1) is 0 Å². The lowest BCUT2D eigenvalue weighted by molar-refractivity contribution is -0.138. The van der Waals surface area contributed by atoms with Gasteiger partial charge in [0.1, 0.15) is 11.6 Å². The lowest BCUT2D eigenvalue weighted by Crippen LogP contribution is -2.15. The number of fused-ring (bicyclic) bond motifs is 1. The average molecular weight is 400 g/mol. The van der Waals surface area contributed by atoms with E-state index >= 15 is 0 Å². The second-order valence-corrected chi connectivity index (χ2v) is 6.01. The van der Waals surface area contributed by atoms with Gasteiger partial charge in [-0.1, -0.05) is 0 Å². The summed E-state index contributed by atoms with van der Waals surface area (Å²) in [4.78, 5) is 5.51. The molecule has 148 valence electrons. The SMILES string of the molecule is COc1ccc2nc(N(C)c3ccc(C(F)(F)F)cc3)cc(C(F)(F)F)c2c1. The molecule has 0 aliphatic rings. The molecule has 0 radical (unpaired) electrons. The molecular weight excluding hydrogens is 386 g/mol. The van der Waals surface area contributed by atoms with Gasteiger partial charge in [-0.15, -0.1) is 0 Å². The second-order valence-electron chi connectivity index (χ2n) is 6.01. The maximum Gasteiger partial charge on any atom is 0.417 e. The first-order valence-corrected chi connectivity index (χ1v) is 7.97. The molecule has 1 heterocycles. The van der Waals surface area contributed by atoms with Crippen LogP contribution in [0.2, 0.25) is 0 Å². The van der Waals surface area contributed by atoms with Gasteiger partial charge in [0.05, 0.1) is 23.8 Å². The van der Waals surface area contributed by atoms with Crippen LogP contribution in [0.4, 0.5) is 37.8 Å². The standard InChI is InChI=1S/C19H14F6N2O/c1-27(12-5-3-11(4-6-12)18(20,21)22)17-10-15(19(23,24)25)14-9-13(28-2)7-8-16(14)26-17/h3-10H,1-2H3. The van der Waals surface area contributed by atoms with Crippen molar-refractivity contribution in [3.63, 3.8) is 0 Å². The van der Waals surface area contributed by atoms with Crippen molar-refractivity contribution in [2.75, 3.05) is 19.1 Å². The van der Waals surface area contributed by atoms with Gasteiger partial charge in [0.2, 0.25) is 0 Å². The topological polar surface area (TPSA) is 25.4 Å². The Morgan fingerprint density at radius 2 is 1.50 bits per heavy atom. The minimum Gasteiger partial charge on any atom is -0.497 e. The number of benzene rings is 2. The van der Waals surface area contributed by atoms with Crippen LogP contribution in [0.5, 0.6) is 5.75 Å². The van der Waals surface area contributed by atoms with E-state index in [1.54, 1.807) is 0 Å². The van der Waals surface area contributed by atoms with E-state index in [1.807, 2.05) is 0 Å². The number of pyridine rings is 1. The number of ether oxygens (including phenoxy) is 1. The molecule has 0 aliphatic carbocycles. The van der Waals surface area contributed by atoms with Crippen molar-refractivity contribution in [3.05, 3.63) is 59.7 Å². The number of alkyl halides is 6. The molecule has 3 aromatic rings. The number of hydrogen-bond donors (Lipinski definition) is 0. The van der Waals surface area contributed by atoms with Gasteiger partial charge in [-0.25, -0.2) is 4.98 Å². The molecule has 1 aromatic heterocycles. The van der Waals surface area contributed by atoms with Crippen LogP contribution >= 0.6 is 0 Å². The molecule has 2 aromatic carbocycles. The molecule has 0 bridgehead atoms. The fourth-order valence-electron chi connectivity index (χ4n) is 2.73. The zero-order valence-electron chi connectivity index (χ0n) is 14.7. The monoisotopic (exact) mass is 400 g/mol. The first kappa shape index (κ1) is 19.8. The molecule has 3 rings (SSSR count). The fourth-order valence-corrected chi connectivity index (χ4v) is 2.73. The maximum absolute atomic E-state index is 13.6. The summed E-state index contributed by atoms with van der Waals surface area (Å²) in [5.41, 5.74) is -1.41. The lowest BCUT2D eigenvalue weighted by Gasteiger charge is -2.21. The molecule has 3 nitrogen and oxygen atoms in total. The van der Waals surface area contributed by atoms with Gasteiger partial charge < -0.3 is 9.64 Å². The third kappa shape index (κ3) is 3.83. The van der Waals surface area contributed by atoms with Crippen molar-refractivity contribution in [2.45, 2.75) is 12.4 Å². The maximum atomic E-state index is 13.6. The summed E-state index contributed by atoms with van der Waals surface area (Å²) >= 11 is 0. The van der Waals surface area contributed by atoms with Crippen molar-refractivity contribution < 1.29 is 31.1 Å². The fraction of sp³-hybridized carbons (Fsp3) is 0.211. The Balaban J connectivity index is 2.10. The number of hydrogen-bond acceptors (Lipinski definition) is 3. The summed E-state index contributed by atoms with van der Waals surface area (Å²) in [5, 5.41) is -0.128. The first-order valence-electron chi connectivity index (χ1n) is 7.97. The van der Waals surface area contributed by atoms with Gasteiger partial charge in [-0.05, 0) is 48.5 Å². The molecule has 0 unspecified atom stereocenters. The van der Waals surface area contributed by atoms with Crippen LogP contribution in [0.1, 0.15) is 11.1 Å². The van der Waals surface area contributed by atoms with Crippen LogP contribution in [0.15, 0.2) is 48.5 Å². The molecular formula is C19H14F6N2O. The third-order valence-electron chi connectivity index (χ3n) is 4.23. The van der Waals surface area contributed by atoms with Crippen molar-refractivity contribution >= 4 is 22.4 Å². The molecule has 0 N–H and O–H groups in total. The van der Waals surface area contributed by atoms with E-state index in [1.165, 1.54) is 49.4 Å². The Hall–Kier alpha value is -2.97. The van der Waals surface area contributed by atoms with E-state index in [0.29, 0.717) is 0 Å². The van der Waals surface area contributed by atoms with Crippen LogP contribution in [-0.2, 0) is 12.4 Å². The number of anilines is 2. The number of aromatic nitrogens is 1. The summed E-state index contributed by atoms with van der Waals surface area (Å²) in [6.45, 7) is 0. The predicted octanol–water partition coefficient (Wildman–Crippen LogP) is 6.05. The van der Waals surface area contributed by atoms with E-state index in [9.17, 15) is 26.3 Å². The molecule has 9 heteroatoms. The Morgan fingerprint density at radius 1 is 0.857 bits per heavy atom. The van der Waals surface area contributed by atoms with E-state index in [2.05, 4.69) is 4.98 Å². The van der Waals surface area contributed by atoms with Crippen LogP contribution in [0.25, 0.3) is 10.9 Å². The molecule has 0 aliphatic heterocycles. The normalized spacial score (nSPS) is 12.3. The molecule has 0 saturated heterocycles. The minimum absolute atomic E-state index is 0.0512. The summed E-state index contributed by atoms with van der Waals surface area (Å²) in [6.07, 6.45) is -9.15. The van der Waals surface area contributed by atoms with Crippen LogP contribution in [-0.4, -0.2) is 19.1 Å². The number of methoxy groups -OCH3 is 1. The Bertz CT molecular complexity index is 996. The van der Waals surface area contributed by atoms with Gasteiger partial charge in [-0.2, -0.15) is 26.3 Å². The largest absolute Gasteiger partial charge is 0.497 e. The highest BCUT2D eigenvalue weighted by molar-refractivity contribution is 5.86. The lowest BCUT2D eigenvalue weighted by atomic mass is 10.1. The zero-order valence-corrected chi connectivity index (χ0v) is 14.7. The van der Waals surface area contributed by atoms with Gasteiger partial charge in [0, 0.05) is 18.1 Å². The first-order chi connectivity index (χ1) is 13.0. The van der Waals surface area contributed by atoms with Crippen molar-refractivity contribution in [1.29, 1.82) is 0 Å². The number of halogens is 6. The molecule has 0 saturated carbocycles. The van der Waals surface area contributed by atoms with Crippen LogP contribution < -0.4 is 9.64 Å². The van der Waals surface area contributed by atoms with Gasteiger partial charge >= 0.3 is 12.4 Å². The predicted molar refractivity (Wildman–Crippen MR) is 92.8 cm³/mol. The minimum atomic E-state index is -4.65. The molecule has 0 fully saturated rings. The van der Waals surface area contributed by atoms with Crippen molar-refractivity contribution in [3.8, 4) is 5.75 Å². The van der Waals surface area contributed by atoms with Gasteiger partial charge in [0.25, 0.3) is 0 Å². The molecule has 0 spiro atoms. The zero-order chi connectivity index (χ0) is 20.7. The summed E-state index contributed by atoms with van der Waals surface area (Å²) in [5.74, 6) is 0.202. The Kier molecular flexibility index (Phi) is 4.86. The highest BCUT2D eigenvalue weighted by Gasteiger charge is 2.34. The van der Waals surface area contributed by atoms with Gasteiger partial charge in [0.15, 0.2) is 0 Å². The molecule has 28 heavy (non-hydrogen) atoms. The number of rotatable bonds is 3. The smallest absolute Gasteiger partial charge is 0.417 e. The Morgan fingerprint density at radius 3 is 2.04 bits per heavy atom. The number of nitrogens with zero attached hydrogens (tertiary/aromatic N) is 2. The van der Waals surface area contributed by atoms with Crippen molar-refractivity contribution in [1.82, 2.24) is 4.98 Å². The quantitative estimate of drug-likeness (QED) is 0.501. The molecule has 0 amide bonds. The average Bonchev–Trinajstić information content (AvgIpc) is 2.64. The van der Waals surface area contributed by atoms with Crippen LogP contribution in [0.3, 0.4) is 0 Å². The Labute approximate surface area is 156 Å². The highest BCUT2D eigenvalue weighted by Crippen LogP contribution is 2.39. The van der Waals surface area contributed by atoms with E-state index < -0.39 is 23.5 Å². The van der Waals surface area contributed by atoms with E-state index in [4.69, 9.17) is 4.74 Å². The summed E-state index contributed by atoms with van der Waals surface area (Å²) < 4.78 is 83.8. The molecule has 0 atom stereocenters. The summed E-state index contributed by atoms with van der Waals surface area (Å²) in [7, 11) is 2.77. The van der Waals surface area contributed by atoms with E-state index in [0.717, 1.165) is 18.2 Å². The summed E-state index contributed by atoms with van der Waals surface area (Å²) in [6, 6.07) is 9.06. The van der Waals surface area contributed by atoms with E-state index in [-0.39, 0.29) is 28.2 Å². The van der Waals surface area contributed by atoms with Gasteiger partial charge in [-0.3, -0.25) is 0 Å². The third-order valence-corrected chi connectivity index (χ3v) is 4.23.